The number of carbonyl (C=O) groups is 2. The highest BCUT2D eigenvalue weighted by Gasteiger charge is 2.33. The lowest BCUT2D eigenvalue weighted by atomic mass is 10.2. The monoisotopic (exact) mass is 466 g/mol. The van der Waals surface area contributed by atoms with Gasteiger partial charge in [-0.05, 0) is 19.1 Å². The van der Waals surface area contributed by atoms with Gasteiger partial charge in [-0.1, -0.05) is 17.2 Å². The molecule has 1 aromatic heterocycles. The van der Waals surface area contributed by atoms with Crippen LogP contribution in [0.3, 0.4) is 0 Å². The summed E-state index contributed by atoms with van der Waals surface area (Å²) in [6, 6.07) is 7.02. The molecule has 12 nitrogen and oxygen atoms in total. The minimum absolute atomic E-state index is 0.0615. The molecule has 32 heavy (non-hydrogen) atoms. The van der Waals surface area contributed by atoms with Crippen LogP contribution in [0, 0.1) is 0 Å². The zero-order valence-corrected chi connectivity index (χ0v) is 18.1. The van der Waals surface area contributed by atoms with E-state index in [9.17, 15) is 18.0 Å². The molecule has 0 radical (unpaired) electrons. The maximum absolute atomic E-state index is 12.6. The highest BCUT2D eigenvalue weighted by Crippen LogP contribution is 2.35. The molecule has 2 amide bonds. The maximum Gasteiger partial charge on any atom is 0.409 e. The van der Waals surface area contributed by atoms with Gasteiger partial charge in [0.1, 0.15) is 12.4 Å². The third-order valence-electron chi connectivity index (χ3n) is 4.94. The zero-order valence-electron chi connectivity index (χ0n) is 17.3. The molecule has 172 valence electrons. The molecule has 4 rings (SSSR count). The Morgan fingerprint density at radius 1 is 1.09 bits per heavy atom. The van der Waals surface area contributed by atoms with Crippen molar-refractivity contribution in [1.29, 1.82) is 0 Å². The van der Waals surface area contributed by atoms with Crippen molar-refractivity contribution in [3.8, 4) is 11.5 Å². The molecule has 1 saturated heterocycles. The van der Waals surface area contributed by atoms with Crippen LogP contribution in [-0.2, 0) is 19.4 Å². The molecule has 0 aliphatic carbocycles. The number of ether oxygens (including phenoxy) is 3. The van der Waals surface area contributed by atoms with Crippen molar-refractivity contribution < 1.29 is 36.6 Å². The van der Waals surface area contributed by atoms with E-state index in [-0.39, 0.29) is 45.3 Å². The Hall–Kier alpha value is -3.35. The van der Waals surface area contributed by atoms with Crippen LogP contribution < -0.4 is 9.47 Å². The fraction of sp³-hybridized carbons (Fsp3) is 0.474. The van der Waals surface area contributed by atoms with Crippen LogP contribution in [0.25, 0.3) is 0 Å². The summed E-state index contributed by atoms with van der Waals surface area (Å²) in [5.41, 5.74) is 0. The maximum atomic E-state index is 12.6. The molecule has 1 unspecified atom stereocenters. The van der Waals surface area contributed by atoms with E-state index in [4.69, 9.17) is 18.6 Å². The molecule has 1 atom stereocenters. The Kier molecular flexibility index (Phi) is 6.17. The van der Waals surface area contributed by atoms with Crippen LogP contribution >= 0.6 is 0 Å². The van der Waals surface area contributed by atoms with Gasteiger partial charge in [-0.2, -0.15) is 0 Å². The third-order valence-corrected chi connectivity index (χ3v) is 6.27. The fourth-order valence-electron chi connectivity index (χ4n) is 3.29. The summed E-state index contributed by atoms with van der Waals surface area (Å²) in [6.07, 6.45) is -1.23. The standard InChI is InChI=1S/C19H22N4O8S/c1-2-28-19(25)23-9-7-22(8-10-23)16(24)12-32(26,27)18-21-20-17(31-18)15-11-29-13-5-3-4-6-14(13)30-15/h3-6,15H,2,7-12H2,1H3. The van der Waals surface area contributed by atoms with Gasteiger partial charge in [0.25, 0.3) is 5.89 Å². The zero-order chi connectivity index (χ0) is 22.7. The van der Waals surface area contributed by atoms with Gasteiger partial charge in [0.05, 0.1) is 6.61 Å². The number of rotatable bonds is 5. The number of benzene rings is 1. The summed E-state index contributed by atoms with van der Waals surface area (Å²) in [5.74, 6) is -0.458. The van der Waals surface area contributed by atoms with Gasteiger partial charge in [-0.15, -0.1) is 5.10 Å². The molecule has 0 N–H and O–H groups in total. The van der Waals surface area contributed by atoms with Crippen LogP contribution in [0.2, 0.25) is 0 Å². The predicted molar refractivity (Wildman–Crippen MR) is 107 cm³/mol. The largest absolute Gasteiger partial charge is 0.485 e. The van der Waals surface area contributed by atoms with Gasteiger partial charge in [-0.3, -0.25) is 4.79 Å². The second-order valence-electron chi connectivity index (χ2n) is 7.10. The van der Waals surface area contributed by atoms with Crippen molar-refractivity contribution >= 4 is 21.8 Å². The van der Waals surface area contributed by atoms with E-state index in [0.29, 0.717) is 11.5 Å². The van der Waals surface area contributed by atoms with Crippen LogP contribution in [-0.4, -0.2) is 85.6 Å². The number of fused-ring (bicyclic) bond motifs is 1. The van der Waals surface area contributed by atoms with Crippen molar-refractivity contribution in [2.45, 2.75) is 18.3 Å². The molecule has 3 heterocycles. The van der Waals surface area contributed by atoms with Crippen LogP contribution in [0.1, 0.15) is 18.9 Å². The number of carbonyl (C=O) groups excluding carboxylic acids is 2. The lowest BCUT2D eigenvalue weighted by Crippen LogP contribution is -2.51. The van der Waals surface area contributed by atoms with Crippen molar-refractivity contribution in [2.24, 2.45) is 0 Å². The molecule has 1 fully saturated rings. The summed E-state index contributed by atoms with van der Waals surface area (Å²) >= 11 is 0. The van der Waals surface area contributed by atoms with E-state index < -0.39 is 38.9 Å². The Morgan fingerprint density at radius 3 is 2.50 bits per heavy atom. The fourth-order valence-corrected chi connectivity index (χ4v) is 4.29. The number of sulfone groups is 1. The molecular weight excluding hydrogens is 444 g/mol. The molecule has 2 aliphatic heterocycles. The Morgan fingerprint density at radius 2 is 1.78 bits per heavy atom. The average molecular weight is 466 g/mol. The minimum atomic E-state index is -4.16. The number of amides is 2. The van der Waals surface area contributed by atoms with Crippen LogP contribution in [0.15, 0.2) is 33.9 Å². The molecule has 2 aromatic rings. The molecule has 0 saturated carbocycles. The number of hydrogen-bond donors (Lipinski definition) is 0. The predicted octanol–water partition coefficient (Wildman–Crippen LogP) is 0.657. The smallest absolute Gasteiger partial charge is 0.409 e. The number of hydrogen-bond acceptors (Lipinski definition) is 10. The number of para-hydroxylation sites is 2. The average Bonchev–Trinajstić information content (AvgIpc) is 3.30. The van der Waals surface area contributed by atoms with E-state index in [2.05, 4.69) is 10.2 Å². The highest BCUT2D eigenvalue weighted by atomic mass is 32.2. The van der Waals surface area contributed by atoms with Crippen molar-refractivity contribution in [1.82, 2.24) is 20.0 Å². The molecule has 0 bridgehead atoms. The SMILES string of the molecule is CCOC(=O)N1CCN(C(=O)CS(=O)(=O)c2nnc(C3COc4ccccc4O3)o2)CC1. The third kappa shape index (κ3) is 4.61. The summed E-state index contributed by atoms with van der Waals surface area (Å²) in [7, 11) is -4.16. The molecule has 13 heteroatoms. The first kappa shape index (κ1) is 21.9. The minimum Gasteiger partial charge on any atom is -0.485 e. The summed E-state index contributed by atoms with van der Waals surface area (Å²) < 4.78 is 46.8. The van der Waals surface area contributed by atoms with E-state index in [1.807, 2.05) is 0 Å². The first-order chi connectivity index (χ1) is 15.4. The quantitative estimate of drug-likeness (QED) is 0.617. The lowest BCUT2D eigenvalue weighted by molar-refractivity contribution is -0.130. The van der Waals surface area contributed by atoms with Gasteiger partial charge < -0.3 is 28.4 Å². The summed E-state index contributed by atoms with van der Waals surface area (Å²) in [5, 5.41) is 6.70. The normalized spacial score (nSPS) is 18.3. The second-order valence-corrected chi connectivity index (χ2v) is 8.96. The number of aromatic nitrogens is 2. The van der Waals surface area contributed by atoms with Crippen molar-refractivity contribution in [3.05, 3.63) is 30.2 Å². The van der Waals surface area contributed by atoms with Crippen molar-refractivity contribution in [3.63, 3.8) is 0 Å². The number of piperazine rings is 1. The Bertz CT molecular complexity index is 1090. The van der Waals surface area contributed by atoms with Gasteiger partial charge in [-0.25, -0.2) is 13.2 Å². The van der Waals surface area contributed by atoms with E-state index in [1.54, 1.807) is 31.2 Å². The molecule has 0 spiro atoms. The van der Waals surface area contributed by atoms with E-state index >= 15 is 0 Å². The highest BCUT2D eigenvalue weighted by molar-refractivity contribution is 7.91. The van der Waals surface area contributed by atoms with Crippen LogP contribution in [0.5, 0.6) is 11.5 Å². The van der Waals surface area contributed by atoms with Crippen molar-refractivity contribution in [2.75, 3.05) is 45.1 Å². The van der Waals surface area contributed by atoms with E-state index in [0.717, 1.165) is 0 Å². The molecule has 1 aromatic carbocycles. The Labute approximate surface area is 184 Å². The number of nitrogens with zero attached hydrogens (tertiary/aromatic N) is 4. The summed E-state index contributed by atoms with van der Waals surface area (Å²) in [4.78, 5) is 27.1. The summed E-state index contributed by atoms with van der Waals surface area (Å²) in [6.45, 7) is 2.96. The van der Waals surface area contributed by atoms with Gasteiger partial charge in [0.15, 0.2) is 11.5 Å². The Balaban J connectivity index is 1.36. The first-order valence-electron chi connectivity index (χ1n) is 10.0. The topological polar surface area (TPSA) is 141 Å². The first-order valence-corrected chi connectivity index (χ1v) is 11.7. The van der Waals surface area contributed by atoms with Gasteiger partial charge >= 0.3 is 11.3 Å². The second kappa shape index (κ2) is 9.02. The van der Waals surface area contributed by atoms with E-state index in [1.165, 1.54) is 9.80 Å². The molecule has 2 aliphatic rings. The lowest BCUT2D eigenvalue weighted by Gasteiger charge is -2.33. The van der Waals surface area contributed by atoms with Gasteiger partial charge in [0.2, 0.25) is 21.8 Å². The molecular formula is C19H22N4O8S. The van der Waals surface area contributed by atoms with Gasteiger partial charge in [0, 0.05) is 26.2 Å². The van der Waals surface area contributed by atoms with Crippen LogP contribution in [0.4, 0.5) is 4.79 Å².